The highest BCUT2D eigenvalue weighted by atomic mass is 32.2. The van der Waals surface area contributed by atoms with Crippen LogP contribution in [0.1, 0.15) is 17.5 Å². The molecule has 2 atom stereocenters. The van der Waals surface area contributed by atoms with E-state index in [2.05, 4.69) is 0 Å². The van der Waals surface area contributed by atoms with Gasteiger partial charge in [0.15, 0.2) is 5.60 Å². The number of nitriles is 1. The number of carbonyl (C=O) groups excluding carboxylic acids is 1. The van der Waals surface area contributed by atoms with Gasteiger partial charge in [0.2, 0.25) is 0 Å². The molecule has 154 valence electrons. The summed E-state index contributed by atoms with van der Waals surface area (Å²) in [7, 11) is -3.96. The van der Waals surface area contributed by atoms with Gasteiger partial charge in [-0.25, -0.2) is 17.2 Å². The van der Waals surface area contributed by atoms with Crippen LogP contribution in [0.4, 0.5) is 0 Å². The highest BCUT2D eigenvalue weighted by Gasteiger charge is 2.51. The first kappa shape index (κ1) is 20.5. The maximum absolute atomic E-state index is 13.3. The molecule has 2 heterocycles. The number of cyclic esters (lactones) is 1. The number of thioether (sulfide) groups is 1. The van der Waals surface area contributed by atoms with Gasteiger partial charge in [-0.2, -0.15) is 5.26 Å². The first-order chi connectivity index (χ1) is 14.3. The highest BCUT2D eigenvalue weighted by molar-refractivity contribution is 8.03. The van der Waals surface area contributed by atoms with E-state index in [-0.39, 0.29) is 22.6 Å². The molecule has 3 aromatic rings. The molecule has 0 bridgehead atoms. The third-order valence-electron chi connectivity index (χ3n) is 5.17. The van der Waals surface area contributed by atoms with Crippen LogP contribution in [0.2, 0.25) is 0 Å². The smallest absolute Gasteiger partial charge is 0.343 e. The average Bonchev–Trinajstić information content (AvgIpc) is 3.26. The zero-order valence-corrected chi connectivity index (χ0v) is 17.6. The van der Waals surface area contributed by atoms with Crippen LogP contribution in [-0.2, 0) is 25.2 Å². The second-order valence-electron chi connectivity index (χ2n) is 7.17. The molecule has 0 spiro atoms. The Bertz CT molecular complexity index is 1270. The van der Waals surface area contributed by atoms with Crippen molar-refractivity contribution >= 4 is 38.7 Å². The van der Waals surface area contributed by atoms with Crippen molar-refractivity contribution in [2.24, 2.45) is 0 Å². The van der Waals surface area contributed by atoms with E-state index in [9.17, 15) is 18.3 Å². The Hall–Kier alpha value is -2.80. The topological polar surface area (TPSA) is 109 Å². The van der Waals surface area contributed by atoms with Gasteiger partial charge in [0.05, 0.1) is 10.4 Å². The second-order valence-corrected chi connectivity index (χ2v) is 9.79. The minimum atomic E-state index is -3.96. The highest BCUT2D eigenvalue weighted by Crippen LogP contribution is 2.41. The van der Waals surface area contributed by atoms with Crippen LogP contribution in [0.5, 0.6) is 0 Å². The average molecular weight is 443 g/mol. The fourth-order valence-electron chi connectivity index (χ4n) is 3.65. The molecular weight excluding hydrogens is 424 g/mol. The number of nitrogens with zero attached hydrogens (tertiary/aromatic N) is 2. The molecule has 1 saturated heterocycles. The summed E-state index contributed by atoms with van der Waals surface area (Å²) in [5.41, 5.74) is -0.544. The Kier molecular flexibility index (Phi) is 5.10. The minimum absolute atomic E-state index is 0.0564. The number of esters is 1. The van der Waals surface area contributed by atoms with Gasteiger partial charge < -0.3 is 9.84 Å². The normalized spacial score (nSPS) is 21.5. The molecule has 4 rings (SSSR count). The van der Waals surface area contributed by atoms with Gasteiger partial charge in [-0.3, -0.25) is 0 Å². The van der Waals surface area contributed by atoms with Crippen molar-refractivity contribution in [1.82, 2.24) is 3.97 Å². The molecule has 0 amide bonds. The van der Waals surface area contributed by atoms with Gasteiger partial charge in [-0.15, -0.1) is 0 Å². The quantitative estimate of drug-likeness (QED) is 0.478. The first-order valence-corrected chi connectivity index (χ1v) is 11.6. The number of rotatable bonds is 5. The fourth-order valence-corrected chi connectivity index (χ4v) is 5.46. The largest absolute Gasteiger partial charge is 0.459 e. The predicted octanol–water partition coefficient (Wildman–Crippen LogP) is 2.90. The van der Waals surface area contributed by atoms with Crippen molar-refractivity contribution in [3.63, 3.8) is 0 Å². The van der Waals surface area contributed by atoms with E-state index >= 15 is 0 Å². The molecule has 1 aliphatic heterocycles. The zero-order chi connectivity index (χ0) is 21.5. The molecule has 0 saturated carbocycles. The molecular formula is C21H18N2O5S2. The fraction of sp³-hybridized carbons (Fsp3) is 0.238. The van der Waals surface area contributed by atoms with Gasteiger partial charge in [-0.05, 0) is 36.9 Å². The van der Waals surface area contributed by atoms with E-state index in [1.807, 2.05) is 12.3 Å². The maximum atomic E-state index is 13.3. The summed E-state index contributed by atoms with van der Waals surface area (Å²) < 4.78 is 33.0. The van der Waals surface area contributed by atoms with Gasteiger partial charge in [0, 0.05) is 29.3 Å². The van der Waals surface area contributed by atoms with Crippen molar-refractivity contribution in [2.75, 3.05) is 5.75 Å². The van der Waals surface area contributed by atoms with Crippen LogP contribution in [0.3, 0.4) is 0 Å². The summed E-state index contributed by atoms with van der Waals surface area (Å²) in [6.45, 7) is 1.86. The summed E-state index contributed by atoms with van der Waals surface area (Å²) in [6, 6.07) is 13.1. The van der Waals surface area contributed by atoms with E-state index < -0.39 is 27.7 Å². The number of aromatic nitrogens is 1. The van der Waals surface area contributed by atoms with E-state index in [1.165, 1.54) is 18.3 Å². The van der Waals surface area contributed by atoms with Gasteiger partial charge in [0.1, 0.15) is 11.5 Å². The molecule has 9 heteroatoms. The lowest BCUT2D eigenvalue weighted by Crippen LogP contribution is -2.31. The Balaban J connectivity index is 1.85. The lowest BCUT2D eigenvalue weighted by atomic mass is 9.90. The molecule has 2 aromatic carbocycles. The number of aliphatic hydroxyl groups is 1. The molecule has 30 heavy (non-hydrogen) atoms. The number of carbonyl (C=O) groups is 1. The molecule has 7 nitrogen and oxygen atoms in total. The Morgan fingerprint density at radius 2 is 1.97 bits per heavy atom. The zero-order valence-electron chi connectivity index (χ0n) is 16.0. The lowest BCUT2D eigenvalue weighted by molar-refractivity contribution is -0.155. The number of hydrogen-bond acceptors (Lipinski definition) is 7. The van der Waals surface area contributed by atoms with Crippen molar-refractivity contribution in [3.8, 4) is 5.40 Å². The SMILES string of the molecule is Cc1ccc(S(=O)(=O)n2cc([C@@]3(O)C[C@H](CSC#N)OC3=O)c3ccccc32)cc1. The van der Waals surface area contributed by atoms with Crippen LogP contribution < -0.4 is 0 Å². The second kappa shape index (κ2) is 7.47. The first-order valence-electron chi connectivity index (χ1n) is 9.14. The van der Waals surface area contributed by atoms with Crippen molar-refractivity contribution in [3.05, 3.63) is 65.9 Å². The Morgan fingerprint density at radius 1 is 1.27 bits per heavy atom. The van der Waals surface area contributed by atoms with Crippen LogP contribution in [0.25, 0.3) is 10.9 Å². The van der Waals surface area contributed by atoms with Crippen LogP contribution >= 0.6 is 11.8 Å². The third-order valence-corrected chi connectivity index (χ3v) is 7.53. The lowest BCUT2D eigenvalue weighted by Gasteiger charge is -2.17. The Morgan fingerprint density at radius 3 is 2.67 bits per heavy atom. The number of para-hydroxylation sites is 1. The van der Waals surface area contributed by atoms with Crippen LogP contribution in [0.15, 0.2) is 59.6 Å². The molecule has 1 N–H and O–H groups in total. The summed E-state index contributed by atoms with van der Waals surface area (Å²) in [6.07, 6.45) is 0.600. The van der Waals surface area contributed by atoms with Gasteiger partial charge >= 0.3 is 5.97 Å². The summed E-state index contributed by atoms with van der Waals surface area (Å²) in [5.74, 6) is -0.619. The maximum Gasteiger partial charge on any atom is 0.343 e. The summed E-state index contributed by atoms with van der Waals surface area (Å²) in [4.78, 5) is 12.7. The number of ether oxygens (including phenoxy) is 1. The van der Waals surface area contributed by atoms with Crippen LogP contribution in [0, 0.1) is 17.6 Å². The molecule has 1 aromatic heterocycles. The molecule has 0 unspecified atom stereocenters. The number of thiocyanates is 1. The molecule has 0 radical (unpaired) electrons. The van der Waals surface area contributed by atoms with E-state index in [0.717, 1.165) is 21.3 Å². The minimum Gasteiger partial charge on any atom is -0.459 e. The number of fused-ring (bicyclic) bond motifs is 1. The van der Waals surface area contributed by atoms with Crippen molar-refractivity contribution in [1.29, 1.82) is 5.26 Å². The van der Waals surface area contributed by atoms with E-state index in [1.54, 1.807) is 36.4 Å². The van der Waals surface area contributed by atoms with Crippen LogP contribution in [-0.4, -0.2) is 35.3 Å². The number of hydrogen-bond donors (Lipinski definition) is 1. The predicted molar refractivity (Wildman–Crippen MR) is 112 cm³/mol. The summed E-state index contributed by atoms with van der Waals surface area (Å²) >= 11 is 0.931. The third kappa shape index (κ3) is 3.27. The number of aryl methyl sites for hydroxylation is 1. The van der Waals surface area contributed by atoms with Gasteiger partial charge in [0.25, 0.3) is 10.0 Å². The van der Waals surface area contributed by atoms with Crippen molar-refractivity contribution < 1.29 is 23.1 Å². The summed E-state index contributed by atoms with van der Waals surface area (Å²) in [5, 5.41) is 22.3. The monoisotopic (exact) mass is 442 g/mol. The number of benzene rings is 2. The molecule has 1 aliphatic rings. The van der Waals surface area contributed by atoms with E-state index in [4.69, 9.17) is 10.00 Å². The standard InChI is InChI=1S/C21H18N2O5S2/c1-14-6-8-16(9-7-14)30(26,27)23-11-18(17-4-2-3-5-19(17)23)21(25)10-15(12-29-13-22)28-20(21)24/h2-9,11,15,25H,10,12H2,1H3/t15-,21+/m1/s1. The van der Waals surface area contributed by atoms with E-state index in [0.29, 0.717) is 10.9 Å². The molecule has 1 fully saturated rings. The van der Waals surface area contributed by atoms with Gasteiger partial charge in [-0.1, -0.05) is 35.9 Å². The van der Waals surface area contributed by atoms with Crippen molar-refractivity contribution in [2.45, 2.75) is 29.9 Å². The Labute approximate surface area is 177 Å². The molecule has 0 aliphatic carbocycles.